The zero-order valence-corrected chi connectivity index (χ0v) is 9.20. The number of hydrogen-bond acceptors (Lipinski definition) is 4. The number of nitrogens with one attached hydrogen (secondary N) is 1. The van der Waals surface area contributed by atoms with E-state index in [1.165, 1.54) is 19.3 Å². The molecule has 0 bridgehead atoms. The molecule has 1 rings (SSSR count). The smallest absolute Gasteiger partial charge is 0.265 e. The van der Waals surface area contributed by atoms with Crippen molar-refractivity contribution in [2.75, 3.05) is 13.7 Å². The Morgan fingerprint density at radius 3 is 2.67 bits per heavy atom. The maximum Gasteiger partial charge on any atom is 0.265 e. The van der Waals surface area contributed by atoms with Crippen LogP contribution in [0.2, 0.25) is 0 Å². The number of amides is 1. The number of carbonyl (C=O) groups is 1. The molecule has 1 atom stereocenters. The van der Waals surface area contributed by atoms with Crippen LogP contribution in [0.1, 0.15) is 32.1 Å². The minimum Gasteiger partial charge on any atom is -0.381 e. The number of nitrogens with two attached hydrogens (primary N) is 1. The van der Waals surface area contributed by atoms with Crippen LogP contribution in [0.4, 0.5) is 0 Å². The third kappa shape index (κ3) is 4.15. The highest BCUT2D eigenvalue weighted by molar-refractivity contribution is 5.80. The SMILES string of the molecule is COCC(OC1CCCCC1)C(=O)NN. The van der Waals surface area contributed by atoms with Crippen molar-refractivity contribution in [1.29, 1.82) is 0 Å². The van der Waals surface area contributed by atoms with Gasteiger partial charge in [0.25, 0.3) is 5.91 Å². The summed E-state index contributed by atoms with van der Waals surface area (Å²) in [5.41, 5.74) is 2.10. The van der Waals surface area contributed by atoms with Gasteiger partial charge >= 0.3 is 0 Å². The van der Waals surface area contributed by atoms with Gasteiger partial charge in [0, 0.05) is 7.11 Å². The van der Waals surface area contributed by atoms with E-state index in [1.807, 2.05) is 0 Å². The normalized spacial score (nSPS) is 19.9. The first-order valence-corrected chi connectivity index (χ1v) is 5.42. The zero-order chi connectivity index (χ0) is 11.1. The molecule has 0 saturated heterocycles. The van der Waals surface area contributed by atoms with E-state index < -0.39 is 6.10 Å². The first-order valence-electron chi connectivity index (χ1n) is 5.42. The van der Waals surface area contributed by atoms with E-state index in [2.05, 4.69) is 5.43 Å². The van der Waals surface area contributed by atoms with Crippen LogP contribution < -0.4 is 11.3 Å². The highest BCUT2D eigenvalue weighted by Gasteiger charge is 2.24. The van der Waals surface area contributed by atoms with Gasteiger partial charge in [0.05, 0.1) is 12.7 Å². The first kappa shape index (κ1) is 12.4. The first-order chi connectivity index (χ1) is 7.27. The third-order valence-electron chi connectivity index (χ3n) is 2.66. The molecule has 0 radical (unpaired) electrons. The molecule has 1 aliphatic rings. The lowest BCUT2D eigenvalue weighted by atomic mass is 9.97. The molecule has 0 heterocycles. The van der Waals surface area contributed by atoms with E-state index >= 15 is 0 Å². The lowest BCUT2D eigenvalue weighted by Gasteiger charge is -2.26. The fourth-order valence-electron chi connectivity index (χ4n) is 1.85. The van der Waals surface area contributed by atoms with E-state index in [1.54, 1.807) is 7.11 Å². The summed E-state index contributed by atoms with van der Waals surface area (Å²) in [5, 5.41) is 0. The molecule has 88 valence electrons. The maximum atomic E-state index is 11.3. The molecule has 0 aromatic carbocycles. The van der Waals surface area contributed by atoms with Crippen molar-refractivity contribution in [2.45, 2.75) is 44.3 Å². The molecule has 1 fully saturated rings. The summed E-state index contributed by atoms with van der Waals surface area (Å²) >= 11 is 0. The third-order valence-corrected chi connectivity index (χ3v) is 2.66. The zero-order valence-electron chi connectivity index (χ0n) is 9.20. The van der Waals surface area contributed by atoms with Crippen LogP contribution in [-0.2, 0) is 14.3 Å². The summed E-state index contributed by atoms with van der Waals surface area (Å²) in [7, 11) is 1.54. The molecule has 1 amide bonds. The van der Waals surface area contributed by atoms with E-state index in [0.29, 0.717) is 0 Å². The molecule has 0 spiro atoms. The lowest BCUT2D eigenvalue weighted by molar-refractivity contribution is -0.142. The monoisotopic (exact) mass is 216 g/mol. The number of hydrazine groups is 1. The number of ether oxygens (including phenoxy) is 2. The second-order valence-corrected chi connectivity index (χ2v) is 3.85. The van der Waals surface area contributed by atoms with E-state index in [9.17, 15) is 4.79 Å². The van der Waals surface area contributed by atoms with Gasteiger partial charge in [0.1, 0.15) is 0 Å². The Kier molecular flexibility index (Phi) is 5.60. The van der Waals surface area contributed by atoms with Crippen molar-refractivity contribution in [1.82, 2.24) is 5.43 Å². The van der Waals surface area contributed by atoms with Crippen molar-refractivity contribution in [3.63, 3.8) is 0 Å². The molecule has 0 aliphatic heterocycles. The largest absolute Gasteiger partial charge is 0.381 e. The van der Waals surface area contributed by atoms with Crippen molar-refractivity contribution < 1.29 is 14.3 Å². The number of hydrogen-bond donors (Lipinski definition) is 2. The molecule has 15 heavy (non-hydrogen) atoms. The Morgan fingerprint density at radius 1 is 1.47 bits per heavy atom. The summed E-state index contributed by atoms with van der Waals surface area (Å²) in [6, 6.07) is 0. The van der Waals surface area contributed by atoms with Crippen molar-refractivity contribution in [2.24, 2.45) is 5.84 Å². The maximum absolute atomic E-state index is 11.3. The molecule has 1 unspecified atom stereocenters. The Bertz CT molecular complexity index is 193. The van der Waals surface area contributed by atoms with Gasteiger partial charge in [-0.15, -0.1) is 0 Å². The summed E-state index contributed by atoms with van der Waals surface area (Å²) in [6.07, 6.45) is 5.26. The van der Waals surface area contributed by atoms with Gasteiger partial charge in [-0.05, 0) is 12.8 Å². The Labute approximate surface area is 90.3 Å². The van der Waals surface area contributed by atoms with Crippen molar-refractivity contribution in [3.8, 4) is 0 Å². The minimum atomic E-state index is -0.580. The average molecular weight is 216 g/mol. The molecule has 1 saturated carbocycles. The van der Waals surface area contributed by atoms with Gasteiger partial charge in [-0.1, -0.05) is 19.3 Å². The molecule has 0 aromatic rings. The summed E-state index contributed by atoms with van der Waals surface area (Å²) in [4.78, 5) is 11.3. The molecule has 3 N–H and O–H groups in total. The highest BCUT2D eigenvalue weighted by atomic mass is 16.5. The van der Waals surface area contributed by atoms with Gasteiger partial charge in [-0.2, -0.15) is 0 Å². The van der Waals surface area contributed by atoms with Crippen LogP contribution in [0.15, 0.2) is 0 Å². The Morgan fingerprint density at radius 2 is 2.13 bits per heavy atom. The Balaban J connectivity index is 2.38. The predicted octanol–water partition coefficient (Wildman–Crippen LogP) is 0.341. The van der Waals surface area contributed by atoms with Gasteiger partial charge in [-0.3, -0.25) is 10.2 Å². The van der Waals surface area contributed by atoms with Crippen LogP contribution in [-0.4, -0.2) is 31.8 Å². The van der Waals surface area contributed by atoms with Gasteiger partial charge in [0.15, 0.2) is 6.10 Å². The molecular weight excluding hydrogens is 196 g/mol. The van der Waals surface area contributed by atoms with Crippen LogP contribution in [0, 0.1) is 0 Å². The molecule has 1 aliphatic carbocycles. The highest BCUT2D eigenvalue weighted by Crippen LogP contribution is 2.21. The van der Waals surface area contributed by atoms with Crippen LogP contribution >= 0.6 is 0 Å². The van der Waals surface area contributed by atoms with Gasteiger partial charge in [-0.25, -0.2) is 5.84 Å². The number of rotatable bonds is 5. The molecule has 0 aromatic heterocycles. The quantitative estimate of drug-likeness (QED) is 0.395. The van der Waals surface area contributed by atoms with E-state index in [-0.39, 0.29) is 18.6 Å². The molecular formula is C10H20N2O3. The predicted molar refractivity (Wildman–Crippen MR) is 56.0 cm³/mol. The van der Waals surface area contributed by atoms with Crippen LogP contribution in [0.5, 0.6) is 0 Å². The standard InChI is InChI=1S/C10H20N2O3/c1-14-7-9(10(13)12-11)15-8-5-3-2-4-6-8/h8-9H,2-7,11H2,1H3,(H,12,13). The van der Waals surface area contributed by atoms with Crippen LogP contribution in [0.25, 0.3) is 0 Å². The van der Waals surface area contributed by atoms with Gasteiger partial charge < -0.3 is 9.47 Å². The average Bonchev–Trinajstić information content (AvgIpc) is 2.29. The fraction of sp³-hybridized carbons (Fsp3) is 0.900. The van der Waals surface area contributed by atoms with E-state index in [4.69, 9.17) is 15.3 Å². The molecule has 5 heteroatoms. The lowest BCUT2D eigenvalue weighted by Crippen LogP contribution is -2.44. The van der Waals surface area contributed by atoms with E-state index in [0.717, 1.165) is 12.8 Å². The number of carbonyl (C=O) groups excluding carboxylic acids is 1. The minimum absolute atomic E-state index is 0.177. The number of methoxy groups -OCH3 is 1. The van der Waals surface area contributed by atoms with Crippen LogP contribution in [0.3, 0.4) is 0 Å². The van der Waals surface area contributed by atoms with Gasteiger partial charge in [0.2, 0.25) is 0 Å². The van der Waals surface area contributed by atoms with Crippen molar-refractivity contribution >= 4 is 5.91 Å². The molecule has 5 nitrogen and oxygen atoms in total. The Hall–Kier alpha value is -0.650. The van der Waals surface area contributed by atoms with Crippen molar-refractivity contribution in [3.05, 3.63) is 0 Å². The summed E-state index contributed by atoms with van der Waals surface area (Å²) < 4.78 is 10.6. The summed E-state index contributed by atoms with van der Waals surface area (Å²) in [6.45, 7) is 0.250. The fourth-order valence-corrected chi connectivity index (χ4v) is 1.85. The topological polar surface area (TPSA) is 73.6 Å². The summed E-state index contributed by atoms with van der Waals surface area (Å²) in [5.74, 6) is 4.76. The second kappa shape index (κ2) is 6.76. The second-order valence-electron chi connectivity index (χ2n) is 3.85.